The van der Waals surface area contributed by atoms with Gasteiger partial charge in [0.2, 0.25) is 5.89 Å². The van der Waals surface area contributed by atoms with Crippen molar-refractivity contribution >= 4 is 0 Å². The third-order valence-electron chi connectivity index (χ3n) is 2.47. The fraction of sp³-hybridized carbons (Fsp3) is 0.333. The number of aliphatic hydroxyl groups excluding tert-OH is 1. The maximum atomic E-state index is 8.74. The van der Waals surface area contributed by atoms with Crippen LogP contribution < -0.4 is 5.73 Å². The molecule has 1 heterocycles. The first-order valence-corrected chi connectivity index (χ1v) is 5.52. The van der Waals surface area contributed by atoms with Gasteiger partial charge in [0.1, 0.15) is 0 Å². The summed E-state index contributed by atoms with van der Waals surface area (Å²) in [5.41, 5.74) is 7.07. The van der Waals surface area contributed by atoms with Crippen LogP contribution in [0.1, 0.15) is 23.3 Å². The van der Waals surface area contributed by atoms with Gasteiger partial charge < -0.3 is 15.4 Å². The molecule has 5 nitrogen and oxygen atoms in total. The number of benzene rings is 1. The minimum Gasteiger partial charge on any atom is -0.396 e. The van der Waals surface area contributed by atoms with E-state index in [4.69, 9.17) is 15.4 Å². The van der Waals surface area contributed by atoms with E-state index in [0.29, 0.717) is 24.6 Å². The van der Waals surface area contributed by atoms with E-state index in [9.17, 15) is 0 Å². The SMILES string of the molecule is NC(Cc1nc(CCO)no1)c1ccccc1. The van der Waals surface area contributed by atoms with Crippen molar-refractivity contribution in [3.8, 4) is 0 Å². The third kappa shape index (κ3) is 3.12. The highest BCUT2D eigenvalue weighted by atomic mass is 16.5. The summed E-state index contributed by atoms with van der Waals surface area (Å²) in [6, 6.07) is 9.62. The van der Waals surface area contributed by atoms with Crippen LogP contribution in [-0.4, -0.2) is 21.9 Å². The summed E-state index contributed by atoms with van der Waals surface area (Å²) in [5.74, 6) is 1.02. The summed E-state index contributed by atoms with van der Waals surface area (Å²) in [6.07, 6.45) is 0.909. The van der Waals surface area contributed by atoms with Gasteiger partial charge in [-0.2, -0.15) is 4.98 Å². The molecular weight excluding hydrogens is 218 g/mol. The molecule has 0 radical (unpaired) electrons. The van der Waals surface area contributed by atoms with Gasteiger partial charge in [-0.15, -0.1) is 0 Å². The van der Waals surface area contributed by atoms with Crippen LogP contribution in [0.5, 0.6) is 0 Å². The molecule has 1 atom stereocenters. The lowest BCUT2D eigenvalue weighted by Gasteiger charge is -2.08. The van der Waals surface area contributed by atoms with Crippen LogP contribution in [0.3, 0.4) is 0 Å². The number of nitrogens with zero attached hydrogens (tertiary/aromatic N) is 2. The Morgan fingerprint density at radius 1 is 1.29 bits per heavy atom. The average Bonchev–Trinajstić information content (AvgIpc) is 2.78. The number of nitrogens with two attached hydrogens (primary N) is 1. The number of hydrogen-bond donors (Lipinski definition) is 2. The molecule has 90 valence electrons. The topological polar surface area (TPSA) is 85.2 Å². The van der Waals surface area contributed by atoms with Gasteiger partial charge in [-0.05, 0) is 5.56 Å². The zero-order valence-electron chi connectivity index (χ0n) is 9.41. The molecule has 0 saturated heterocycles. The van der Waals surface area contributed by atoms with E-state index in [1.165, 1.54) is 0 Å². The highest BCUT2D eigenvalue weighted by molar-refractivity contribution is 5.19. The minimum atomic E-state index is -0.154. The van der Waals surface area contributed by atoms with Crippen molar-refractivity contribution in [1.82, 2.24) is 10.1 Å². The molecule has 0 bridgehead atoms. The Kier molecular flexibility index (Phi) is 3.85. The van der Waals surface area contributed by atoms with Gasteiger partial charge in [0.05, 0.1) is 6.61 Å². The quantitative estimate of drug-likeness (QED) is 0.799. The lowest BCUT2D eigenvalue weighted by Crippen LogP contribution is -2.13. The maximum Gasteiger partial charge on any atom is 0.228 e. The average molecular weight is 233 g/mol. The molecule has 1 aromatic heterocycles. The van der Waals surface area contributed by atoms with Gasteiger partial charge in [-0.25, -0.2) is 0 Å². The molecule has 1 aromatic carbocycles. The van der Waals surface area contributed by atoms with Crippen molar-refractivity contribution in [2.75, 3.05) is 6.61 Å². The number of hydrogen-bond acceptors (Lipinski definition) is 5. The summed E-state index contributed by atoms with van der Waals surface area (Å²) < 4.78 is 5.06. The molecule has 2 aromatic rings. The monoisotopic (exact) mass is 233 g/mol. The van der Waals surface area contributed by atoms with E-state index in [2.05, 4.69) is 10.1 Å². The maximum absolute atomic E-state index is 8.74. The lowest BCUT2D eigenvalue weighted by atomic mass is 10.1. The molecule has 0 aliphatic heterocycles. The van der Waals surface area contributed by atoms with Gasteiger partial charge in [0.25, 0.3) is 0 Å². The predicted molar refractivity (Wildman–Crippen MR) is 62.2 cm³/mol. The third-order valence-corrected chi connectivity index (χ3v) is 2.47. The first kappa shape index (κ1) is 11.8. The lowest BCUT2D eigenvalue weighted by molar-refractivity contribution is 0.292. The van der Waals surface area contributed by atoms with Crippen LogP contribution in [-0.2, 0) is 12.8 Å². The molecule has 0 aliphatic carbocycles. The summed E-state index contributed by atoms with van der Waals surface area (Å²) >= 11 is 0. The standard InChI is InChI=1S/C12H15N3O2/c13-10(9-4-2-1-3-5-9)8-12-14-11(6-7-16)15-17-12/h1-5,10,16H,6-8,13H2. The van der Waals surface area contributed by atoms with Crippen LogP contribution in [0.2, 0.25) is 0 Å². The summed E-state index contributed by atoms with van der Waals surface area (Å²) in [6.45, 7) is 0.0176. The second-order valence-electron chi connectivity index (χ2n) is 3.80. The van der Waals surface area contributed by atoms with Crippen LogP contribution in [0.15, 0.2) is 34.9 Å². The normalized spacial score (nSPS) is 12.6. The van der Waals surface area contributed by atoms with Gasteiger partial charge in [-0.3, -0.25) is 0 Å². The molecule has 3 N–H and O–H groups in total. The second kappa shape index (κ2) is 5.56. The predicted octanol–water partition coefficient (Wildman–Crippen LogP) is 0.847. The summed E-state index contributed by atoms with van der Waals surface area (Å²) in [4.78, 5) is 4.15. The Bertz CT molecular complexity index is 456. The molecule has 0 aliphatic rings. The van der Waals surface area contributed by atoms with E-state index >= 15 is 0 Å². The van der Waals surface area contributed by atoms with Gasteiger partial charge in [-0.1, -0.05) is 35.5 Å². The number of rotatable bonds is 5. The van der Waals surface area contributed by atoms with E-state index in [0.717, 1.165) is 5.56 Å². The van der Waals surface area contributed by atoms with E-state index in [1.807, 2.05) is 30.3 Å². The molecular formula is C12H15N3O2. The van der Waals surface area contributed by atoms with Crippen molar-refractivity contribution in [2.45, 2.75) is 18.9 Å². The molecule has 1 unspecified atom stereocenters. The van der Waals surface area contributed by atoms with Gasteiger partial charge >= 0.3 is 0 Å². The van der Waals surface area contributed by atoms with Crippen molar-refractivity contribution < 1.29 is 9.63 Å². The minimum absolute atomic E-state index is 0.0176. The van der Waals surface area contributed by atoms with Crippen molar-refractivity contribution in [3.05, 3.63) is 47.6 Å². The Hall–Kier alpha value is -1.72. The molecule has 0 saturated carbocycles. The smallest absolute Gasteiger partial charge is 0.228 e. The summed E-state index contributed by atoms with van der Waals surface area (Å²) in [7, 11) is 0. The number of aromatic nitrogens is 2. The Balaban J connectivity index is 2.00. The fourth-order valence-electron chi connectivity index (χ4n) is 1.58. The van der Waals surface area contributed by atoms with E-state index in [1.54, 1.807) is 0 Å². The van der Waals surface area contributed by atoms with Gasteiger partial charge in [0.15, 0.2) is 5.82 Å². The zero-order valence-corrected chi connectivity index (χ0v) is 9.41. The van der Waals surface area contributed by atoms with Crippen molar-refractivity contribution in [1.29, 1.82) is 0 Å². The van der Waals surface area contributed by atoms with Gasteiger partial charge in [0, 0.05) is 18.9 Å². The van der Waals surface area contributed by atoms with Crippen LogP contribution in [0.4, 0.5) is 0 Å². The van der Waals surface area contributed by atoms with E-state index < -0.39 is 0 Å². The Morgan fingerprint density at radius 3 is 2.76 bits per heavy atom. The van der Waals surface area contributed by atoms with Crippen molar-refractivity contribution in [3.63, 3.8) is 0 Å². The molecule has 0 fully saturated rings. The largest absolute Gasteiger partial charge is 0.396 e. The molecule has 2 rings (SSSR count). The van der Waals surface area contributed by atoms with Crippen LogP contribution >= 0.6 is 0 Å². The van der Waals surface area contributed by atoms with Crippen molar-refractivity contribution in [2.24, 2.45) is 5.73 Å². The second-order valence-corrected chi connectivity index (χ2v) is 3.80. The molecule has 17 heavy (non-hydrogen) atoms. The Labute approximate surface area is 99.3 Å². The highest BCUT2D eigenvalue weighted by Gasteiger charge is 2.12. The zero-order chi connectivity index (χ0) is 12.1. The van der Waals surface area contributed by atoms with Crippen LogP contribution in [0, 0.1) is 0 Å². The fourth-order valence-corrected chi connectivity index (χ4v) is 1.58. The molecule has 5 heteroatoms. The molecule has 0 amide bonds. The summed E-state index contributed by atoms with van der Waals surface area (Å²) in [5, 5.41) is 12.5. The first-order valence-electron chi connectivity index (χ1n) is 5.52. The van der Waals surface area contributed by atoms with E-state index in [-0.39, 0.29) is 12.6 Å². The Morgan fingerprint density at radius 2 is 2.06 bits per heavy atom. The van der Waals surface area contributed by atoms with Crippen LogP contribution in [0.25, 0.3) is 0 Å². The number of aliphatic hydroxyl groups is 1. The highest BCUT2D eigenvalue weighted by Crippen LogP contribution is 2.14. The first-order chi connectivity index (χ1) is 8.29. The molecule has 0 spiro atoms.